The minimum atomic E-state index is -0.482. The van der Waals surface area contributed by atoms with E-state index in [0.29, 0.717) is 6.54 Å². The van der Waals surface area contributed by atoms with E-state index in [2.05, 4.69) is 0 Å². The monoisotopic (exact) mass is 146 g/mol. The summed E-state index contributed by atoms with van der Waals surface area (Å²) >= 11 is 0. The van der Waals surface area contributed by atoms with Crippen molar-refractivity contribution in [3.63, 3.8) is 0 Å². The van der Waals surface area contributed by atoms with Crippen molar-refractivity contribution in [1.29, 1.82) is 0 Å². The lowest BCUT2D eigenvalue weighted by molar-refractivity contribution is 0.169. The molecule has 3 N–H and O–H groups in total. The summed E-state index contributed by atoms with van der Waals surface area (Å²) in [6.07, 6.45) is 0. The average molecular weight is 146 g/mol. The fourth-order valence-electron chi connectivity index (χ4n) is 0.731. The molecule has 0 aliphatic heterocycles. The smallest absolute Gasteiger partial charge is 0.315 e. The zero-order valence-electron chi connectivity index (χ0n) is 6.37. The topological polar surface area (TPSA) is 66.6 Å². The van der Waals surface area contributed by atoms with Gasteiger partial charge in [-0.25, -0.2) is 4.79 Å². The van der Waals surface area contributed by atoms with Crippen molar-refractivity contribution in [3.8, 4) is 0 Å². The van der Waals surface area contributed by atoms with Crippen LogP contribution >= 0.6 is 0 Å². The number of rotatable bonds is 3. The lowest BCUT2D eigenvalue weighted by Crippen LogP contribution is -2.42. The zero-order chi connectivity index (χ0) is 8.15. The number of primary amides is 1. The van der Waals surface area contributed by atoms with Crippen molar-refractivity contribution in [3.05, 3.63) is 0 Å². The van der Waals surface area contributed by atoms with Gasteiger partial charge in [-0.3, -0.25) is 0 Å². The lowest BCUT2D eigenvalue weighted by atomic mass is 10.3. The van der Waals surface area contributed by atoms with E-state index in [0.717, 1.165) is 0 Å². The molecule has 2 amide bonds. The Bertz CT molecular complexity index is 114. The van der Waals surface area contributed by atoms with Crippen molar-refractivity contribution >= 4 is 6.03 Å². The van der Waals surface area contributed by atoms with Crippen LogP contribution in [0.2, 0.25) is 0 Å². The van der Waals surface area contributed by atoms with E-state index in [4.69, 9.17) is 10.8 Å². The van der Waals surface area contributed by atoms with Gasteiger partial charge in [-0.1, -0.05) is 0 Å². The number of nitrogens with zero attached hydrogens (tertiary/aromatic N) is 1. The summed E-state index contributed by atoms with van der Waals surface area (Å²) in [6.45, 7) is 3.97. The Labute approximate surface area is 60.6 Å². The second kappa shape index (κ2) is 4.11. The van der Waals surface area contributed by atoms with E-state index in [1.807, 2.05) is 13.8 Å². The zero-order valence-corrected chi connectivity index (χ0v) is 6.37. The highest BCUT2D eigenvalue weighted by molar-refractivity contribution is 5.72. The molecule has 60 valence electrons. The molecule has 4 nitrogen and oxygen atoms in total. The molecular weight excluding hydrogens is 132 g/mol. The van der Waals surface area contributed by atoms with Gasteiger partial charge in [0.15, 0.2) is 0 Å². The van der Waals surface area contributed by atoms with Crippen LogP contribution in [0.15, 0.2) is 0 Å². The Morgan fingerprint density at radius 3 is 2.30 bits per heavy atom. The van der Waals surface area contributed by atoms with E-state index in [1.165, 1.54) is 4.90 Å². The van der Waals surface area contributed by atoms with Crippen LogP contribution in [0.1, 0.15) is 13.8 Å². The number of urea groups is 1. The second-order valence-corrected chi connectivity index (χ2v) is 2.35. The van der Waals surface area contributed by atoms with Gasteiger partial charge in [0.05, 0.1) is 6.61 Å². The molecule has 0 fully saturated rings. The molecule has 0 radical (unpaired) electrons. The van der Waals surface area contributed by atoms with Gasteiger partial charge in [-0.15, -0.1) is 0 Å². The average Bonchev–Trinajstić information content (AvgIpc) is 1.81. The Morgan fingerprint density at radius 2 is 2.20 bits per heavy atom. The summed E-state index contributed by atoms with van der Waals surface area (Å²) in [5.74, 6) is 0. The third-order valence-electron chi connectivity index (χ3n) is 1.25. The quantitative estimate of drug-likeness (QED) is 0.577. The van der Waals surface area contributed by atoms with Crippen LogP contribution in [0.3, 0.4) is 0 Å². The maximum absolute atomic E-state index is 10.6. The lowest BCUT2D eigenvalue weighted by Gasteiger charge is -2.23. The maximum atomic E-state index is 10.6. The van der Waals surface area contributed by atoms with Crippen LogP contribution in [-0.4, -0.2) is 35.2 Å². The fraction of sp³-hybridized carbons (Fsp3) is 0.833. The molecule has 0 spiro atoms. The van der Waals surface area contributed by atoms with E-state index in [-0.39, 0.29) is 12.6 Å². The molecule has 0 unspecified atom stereocenters. The highest BCUT2D eigenvalue weighted by Gasteiger charge is 2.11. The van der Waals surface area contributed by atoms with Crippen LogP contribution in [0, 0.1) is 0 Å². The van der Waals surface area contributed by atoms with Crippen LogP contribution in [0.5, 0.6) is 0 Å². The first-order chi connectivity index (χ1) is 4.59. The predicted octanol–water partition coefficient (Wildman–Crippen LogP) is -0.232. The summed E-state index contributed by atoms with van der Waals surface area (Å²) in [5, 5.41) is 8.48. The van der Waals surface area contributed by atoms with E-state index >= 15 is 0 Å². The fourth-order valence-corrected chi connectivity index (χ4v) is 0.731. The molecule has 0 bridgehead atoms. The first-order valence-corrected chi connectivity index (χ1v) is 3.26. The van der Waals surface area contributed by atoms with Gasteiger partial charge in [0.2, 0.25) is 0 Å². The maximum Gasteiger partial charge on any atom is 0.315 e. The van der Waals surface area contributed by atoms with Gasteiger partial charge in [0.25, 0.3) is 0 Å². The molecule has 0 heterocycles. The Balaban J connectivity index is 3.85. The van der Waals surface area contributed by atoms with Crippen molar-refractivity contribution < 1.29 is 9.90 Å². The standard InChI is InChI=1S/C6H14N2O2/c1-5(2)8(3-4-9)6(7)10/h5,9H,3-4H2,1-2H3,(H2,7,10). The van der Waals surface area contributed by atoms with Crippen molar-refractivity contribution in [2.45, 2.75) is 19.9 Å². The Kier molecular flexibility index (Phi) is 3.79. The van der Waals surface area contributed by atoms with Gasteiger partial charge >= 0.3 is 6.03 Å². The van der Waals surface area contributed by atoms with Crippen LogP contribution in [0.25, 0.3) is 0 Å². The SMILES string of the molecule is CC(C)N(CCO)C(N)=O. The first kappa shape index (κ1) is 9.23. The minimum absolute atomic E-state index is 0.0406. The van der Waals surface area contributed by atoms with Gasteiger partial charge < -0.3 is 15.7 Å². The third kappa shape index (κ3) is 2.68. The van der Waals surface area contributed by atoms with E-state index in [1.54, 1.807) is 0 Å². The van der Waals surface area contributed by atoms with Crippen LogP contribution in [0.4, 0.5) is 4.79 Å². The largest absolute Gasteiger partial charge is 0.395 e. The highest BCUT2D eigenvalue weighted by Crippen LogP contribution is 1.95. The second-order valence-electron chi connectivity index (χ2n) is 2.35. The number of hydrogen-bond acceptors (Lipinski definition) is 2. The normalized spacial score (nSPS) is 10.0. The number of nitrogens with two attached hydrogens (primary N) is 1. The van der Waals surface area contributed by atoms with Crippen LogP contribution < -0.4 is 5.73 Å². The molecule has 0 aromatic carbocycles. The van der Waals surface area contributed by atoms with Crippen molar-refractivity contribution in [1.82, 2.24) is 4.90 Å². The molecule has 0 aliphatic rings. The summed E-state index contributed by atoms with van der Waals surface area (Å²) in [7, 11) is 0. The molecule has 0 atom stereocenters. The van der Waals surface area contributed by atoms with Crippen LogP contribution in [-0.2, 0) is 0 Å². The van der Waals surface area contributed by atoms with Crippen molar-refractivity contribution in [2.24, 2.45) is 5.73 Å². The molecule has 0 rings (SSSR count). The molecule has 10 heavy (non-hydrogen) atoms. The van der Waals surface area contributed by atoms with Gasteiger partial charge in [-0.2, -0.15) is 0 Å². The van der Waals surface area contributed by atoms with E-state index < -0.39 is 6.03 Å². The summed E-state index contributed by atoms with van der Waals surface area (Å²) in [5.41, 5.74) is 5.00. The Hall–Kier alpha value is -0.770. The summed E-state index contributed by atoms with van der Waals surface area (Å²) in [6, 6.07) is -0.422. The molecule has 0 saturated heterocycles. The number of amides is 2. The molecule has 0 aromatic heterocycles. The summed E-state index contributed by atoms with van der Waals surface area (Å²) in [4.78, 5) is 12.0. The summed E-state index contributed by atoms with van der Waals surface area (Å²) < 4.78 is 0. The molecular formula is C6H14N2O2. The van der Waals surface area contributed by atoms with Gasteiger partial charge in [0, 0.05) is 12.6 Å². The number of carbonyl (C=O) groups excluding carboxylic acids is 1. The molecule has 0 aromatic rings. The minimum Gasteiger partial charge on any atom is -0.395 e. The van der Waals surface area contributed by atoms with Gasteiger partial charge in [-0.05, 0) is 13.8 Å². The first-order valence-electron chi connectivity index (χ1n) is 3.26. The molecule has 0 saturated carbocycles. The van der Waals surface area contributed by atoms with Crippen molar-refractivity contribution in [2.75, 3.05) is 13.2 Å². The Morgan fingerprint density at radius 1 is 1.70 bits per heavy atom. The van der Waals surface area contributed by atoms with Gasteiger partial charge in [0.1, 0.15) is 0 Å². The highest BCUT2D eigenvalue weighted by atomic mass is 16.3. The number of carbonyl (C=O) groups is 1. The molecule has 4 heteroatoms. The number of aliphatic hydroxyl groups excluding tert-OH is 1. The number of hydrogen-bond donors (Lipinski definition) is 2. The van der Waals surface area contributed by atoms with E-state index in [9.17, 15) is 4.79 Å². The number of aliphatic hydroxyl groups is 1. The predicted molar refractivity (Wildman–Crippen MR) is 38.5 cm³/mol. The molecule has 0 aliphatic carbocycles. The third-order valence-corrected chi connectivity index (χ3v) is 1.25.